The van der Waals surface area contributed by atoms with Gasteiger partial charge in [0.05, 0.1) is 10.9 Å². The first-order valence-electron chi connectivity index (χ1n) is 8.26. The van der Waals surface area contributed by atoms with Crippen LogP contribution in [-0.4, -0.2) is 38.8 Å². The Balaban J connectivity index is 2.13. The summed E-state index contributed by atoms with van der Waals surface area (Å²) in [5, 5.41) is 8.09. The van der Waals surface area contributed by atoms with E-state index in [0.29, 0.717) is 5.69 Å². The van der Waals surface area contributed by atoms with E-state index in [1.165, 1.54) is 20.2 Å². The zero-order valence-electron chi connectivity index (χ0n) is 15.6. The van der Waals surface area contributed by atoms with Crippen LogP contribution >= 0.6 is 11.3 Å². The lowest BCUT2D eigenvalue weighted by Crippen LogP contribution is -2.39. The Morgan fingerprint density at radius 2 is 1.88 bits per heavy atom. The lowest BCUT2D eigenvalue weighted by Gasteiger charge is -2.20. The highest BCUT2D eigenvalue weighted by Gasteiger charge is 2.21. The van der Waals surface area contributed by atoms with E-state index in [9.17, 15) is 13.2 Å². The first-order valence-corrected chi connectivity index (χ1v) is 10.6. The number of amides is 1. The third kappa shape index (κ3) is 4.70. The number of rotatable bonds is 7. The molecule has 2 N–H and O–H groups in total. The third-order valence-corrected chi connectivity index (χ3v) is 6.97. The van der Waals surface area contributed by atoms with Crippen LogP contribution in [0.5, 0.6) is 0 Å². The summed E-state index contributed by atoms with van der Waals surface area (Å²) in [4.78, 5) is 13.8. The van der Waals surface area contributed by atoms with Gasteiger partial charge in [0.1, 0.15) is 0 Å². The molecule has 0 aliphatic rings. The molecule has 6 nitrogen and oxygen atoms in total. The number of nitrogens with one attached hydrogen (secondary N) is 2. The van der Waals surface area contributed by atoms with Crippen LogP contribution in [0.1, 0.15) is 30.3 Å². The van der Waals surface area contributed by atoms with Gasteiger partial charge in [-0.05, 0) is 49.9 Å². The van der Waals surface area contributed by atoms with E-state index in [1.54, 1.807) is 30.4 Å². The van der Waals surface area contributed by atoms with Crippen LogP contribution < -0.4 is 10.6 Å². The standard InChI is InChI=1S/C18H25N3O3S2/c1-12-8-9-15(26(23,24)21(4)5)11-16(12)20-18(22)14(3)19-13(2)17-7-6-10-25-17/h6-11,13-14,19H,1-5H3,(H,20,22)/t13-,14-/m1/s1. The fourth-order valence-electron chi connectivity index (χ4n) is 2.42. The Kier molecular flexibility index (Phi) is 6.57. The minimum Gasteiger partial charge on any atom is -0.324 e. The second kappa shape index (κ2) is 8.30. The Bertz CT molecular complexity index is 862. The summed E-state index contributed by atoms with van der Waals surface area (Å²) < 4.78 is 25.7. The van der Waals surface area contributed by atoms with Gasteiger partial charge in [0.25, 0.3) is 0 Å². The minimum absolute atomic E-state index is 0.0531. The molecule has 0 bridgehead atoms. The molecular formula is C18H25N3O3S2. The number of benzene rings is 1. The van der Waals surface area contributed by atoms with Crippen LogP contribution in [0.25, 0.3) is 0 Å². The molecule has 0 fully saturated rings. The van der Waals surface area contributed by atoms with E-state index in [0.717, 1.165) is 14.7 Å². The molecule has 2 rings (SSSR count). The van der Waals surface area contributed by atoms with Gasteiger partial charge in [0, 0.05) is 30.7 Å². The van der Waals surface area contributed by atoms with Gasteiger partial charge in [-0.3, -0.25) is 10.1 Å². The molecule has 1 amide bonds. The first-order chi connectivity index (χ1) is 12.1. The number of hydrogen-bond acceptors (Lipinski definition) is 5. The van der Waals surface area contributed by atoms with Gasteiger partial charge in [0.15, 0.2) is 0 Å². The Morgan fingerprint density at radius 1 is 1.19 bits per heavy atom. The van der Waals surface area contributed by atoms with Gasteiger partial charge in [-0.2, -0.15) is 0 Å². The predicted molar refractivity (Wildman–Crippen MR) is 106 cm³/mol. The average Bonchev–Trinajstić information content (AvgIpc) is 3.11. The maximum Gasteiger partial charge on any atom is 0.242 e. The van der Waals surface area contributed by atoms with Crippen molar-refractivity contribution in [2.75, 3.05) is 19.4 Å². The molecular weight excluding hydrogens is 370 g/mol. The van der Waals surface area contributed by atoms with Crippen molar-refractivity contribution in [1.29, 1.82) is 0 Å². The van der Waals surface area contributed by atoms with Crippen molar-refractivity contribution in [1.82, 2.24) is 9.62 Å². The van der Waals surface area contributed by atoms with E-state index in [2.05, 4.69) is 10.6 Å². The van der Waals surface area contributed by atoms with Crippen LogP contribution in [0.4, 0.5) is 5.69 Å². The van der Waals surface area contributed by atoms with Gasteiger partial charge in [-0.1, -0.05) is 12.1 Å². The van der Waals surface area contributed by atoms with Gasteiger partial charge < -0.3 is 5.32 Å². The zero-order chi connectivity index (χ0) is 19.5. The van der Waals surface area contributed by atoms with E-state index in [4.69, 9.17) is 0 Å². The number of carbonyl (C=O) groups is 1. The Morgan fingerprint density at radius 3 is 2.46 bits per heavy atom. The summed E-state index contributed by atoms with van der Waals surface area (Å²) in [7, 11) is -0.598. The molecule has 1 aromatic carbocycles. The van der Waals surface area contributed by atoms with Crippen LogP contribution in [0, 0.1) is 6.92 Å². The molecule has 0 saturated heterocycles. The predicted octanol–water partition coefficient (Wildman–Crippen LogP) is 2.98. The van der Waals surface area contributed by atoms with E-state index < -0.39 is 16.1 Å². The van der Waals surface area contributed by atoms with Crippen molar-refractivity contribution < 1.29 is 13.2 Å². The fourth-order valence-corrected chi connectivity index (χ4v) is 4.09. The quantitative estimate of drug-likeness (QED) is 0.755. The van der Waals surface area contributed by atoms with Crippen LogP contribution in [0.15, 0.2) is 40.6 Å². The topological polar surface area (TPSA) is 78.5 Å². The molecule has 2 aromatic rings. The molecule has 0 saturated carbocycles. The van der Waals surface area contributed by atoms with Crippen LogP contribution in [0.3, 0.4) is 0 Å². The monoisotopic (exact) mass is 395 g/mol. The third-order valence-electron chi connectivity index (χ3n) is 4.11. The number of sulfonamides is 1. The molecule has 2 atom stereocenters. The molecule has 142 valence electrons. The summed E-state index contributed by atoms with van der Waals surface area (Å²) in [6.07, 6.45) is 0. The highest BCUT2D eigenvalue weighted by molar-refractivity contribution is 7.89. The second-order valence-corrected chi connectivity index (χ2v) is 9.51. The molecule has 8 heteroatoms. The van der Waals surface area contributed by atoms with Crippen LogP contribution in [0.2, 0.25) is 0 Å². The van der Waals surface area contributed by atoms with Gasteiger partial charge >= 0.3 is 0 Å². The molecule has 1 aromatic heterocycles. The number of nitrogens with zero attached hydrogens (tertiary/aromatic N) is 1. The Hall–Kier alpha value is -1.74. The molecule has 0 radical (unpaired) electrons. The van der Waals surface area contributed by atoms with E-state index in [1.807, 2.05) is 31.4 Å². The van der Waals surface area contributed by atoms with Crippen molar-refractivity contribution in [2.24, 2.45) is 0 Å². The summed E-state index contributed by atoms with van der Waals surface area (Å²) >= 11 is 1.63. The molecule has 0 unspecified atom stereocenters. The maximum absolute atomic E-state index is 12.5. The van der Waals surface area contributed by atoms with Crippen molar-refractivity contribution in [2.45, 2.75) is 37.8 Å². The highest BCUT2D eigenvalue weighted by atomic mass is 32.2. The van der Waals surface area contributed by atoms with E-state index in [-0.39, 0.29) is 16.8 Å². The maximum atomic E-state index is 12.5. The van der Waals surface area contributed by atoms with Gasteiger partial charge in [-0.25, -0.2) is 12.7 Å². The average molecular weight is 396 g/mol. The SMILES string of the molecule is Cc1ccc(S(=O)(=O)N(C)C)cc1NC(=O)[C@@H](C)N[C@H](C)c1cccs1. The number of carbonyl (C=O) groups excluding carboxylic acids is 1. The molecule has 0 spiro atoms. The van der Waals surface area contributed by atoms with Gasteiger partial charge in [0.2, 0.25) is 15.9 Å². The number of aryl methyl sites for hydroxylation is 1. The Labute approximate surface area is 159 Å². The smallest absolute Gasteiger partial charge is 0.242 e. The van der Waals surface area contributed by atoms with Crippen molar-refractivity contribution >= 4 is 33.0 Å². The molecule has 26 heavy (non-hydrogen) atoms. The first kappa shape index (κ1) is 20.6. The van der Waals surface area contributed by atoms with Crippen LogP contribution in [-0.2, 0) is 14.8 Å². The van der Waals surface area contributed by atoms with Gasteiger partial charge in [-0.15, -0.1) is 11.3 Å². The molecule has 0 aliphatic carbocycles. The second-order valence-electron chi connectivity index (χ2n) is 6.38. The summed E-state index contributed by atoms with van der Waals surface area (Å²) in [5.41, 5.74) is 1.30. The summed E-state index contributed by atoms with van der Waals surface area (Å²) in [6, 6.07) is 8.35. The number of anilines is 1. The lowest BCUT2D eigenvalue weighted by molar-refractivity contribution is -0.117. The zero-order valence-corrected chi connectivity index (χ0v) is 17.2. The van der Waals surface area contributed by atoms with Crippen molar-refractivity contribution in [3.8, 4) is 0 Å². The number of hydrogen-bond donors (Lipinski definition) is 2. The normalized spacial score (nSPS) is 14.2. The van der Waals surface area contributed by atoms with E-state index >= 15 is 0 Å². The highest BCUT2D eigenvalue weighted by Crippen LogP contribution is 2.23. The lowest BCUT2D eigenvalue weighted by atomic mass is 10.2. The molecule has 0 aliphatic heterocycles. The molecule has 1 heterocycles. The van der Waals surface area contributed by atoms with Crippen molar-refractivity contribution in [3.05, 3.63) is 46.2 Å². The largest absolute Gasteiger partial charge is 0.324 e. The number of thiophene rings is 1. The fraction of sp³-hybridized carbons (Fsp3) is 0.389. The summed E-state index contributed by atoms with van der Waals surface area (Å²) in [6.45, 7) is 5.62. The van der Waals surface area contributed by atoms with Crippen molar-refractivity contribution in [3.63, 3.8) is 0 Å². The minimum atomic E-state index is -3.55. The summed E-state index contributed by atoms with van der Waals surface area (Å²) in [5.74, 6) is -0.212.